The smallest absolute Gasteiger partial charge is 0.243 e. The molecule has 1 atom stereocenters. The molecule has 1 heterocycles. The first-order chi connectivity index (χ1) is 9.48. The van der Waals surface area contributed by atoms with Crippen LogP contribution >= 0.6 is 11.6 Å². The van der Waals surface area contributed by atoms with Gasteiger partial charge in [-0.2, -0.15) is 4.31 Å². The van der Waals surface area contributed by atoms with Gasteiger partial charge in [-0.3, -0.25) is 0 Å². The average Bonchev–Trinajstić information content (AvgIpc) is 2.89. The van der Waals surface area contributed by atoms with Crippen LogP contribution in [0.15, 0.2) is 23.1 Å². The van der Waals surface area contributed by atoms with Crippen LogP contribution in [0.2, 0.25) is 0 Å². The Morgan fingerprint density at radius 3 is 2.90 bits per heavy atom. The molecule has 0 aromatic heterocycles. The molecular formula is C13H17ClFNO3S. The lowest BCUT2D eigenvalue weighted by Gasteiger charge is -2.17. The summed E-state index contributed by atoms with van der Waals surface area (Å²) in [6.45, 7) is 1.44. The highest BCUT2D eigenvalue weighted by molar-refractivity contribution is 7.89. The molecule has 0 spiro atoms. The molecule has 1 aliphatic rings. The highest BCUT2D eigenvalue weighted by Gasteiger charge is 2.32. The predicted octanol–water partition coefficient (Wildman–Crippen LogP) is 2.22. The van der Waals surface area contributed by atoms with Gasteiger partial charge in [0.25, 0.3) is 0 Å². The van der Waals surface area contributed by atoms with Crippen LogP contribution in [-0.2, 0) is 20.6 Å². The number of rotatable bonds is 5. The van der Waals surface area contributed by atoms with Crippen LogP contribution < -0.4 is 0 Å². The first-order valence-corrected chi connectivity index (χ1v) is 8.30. The number of benzene rings is 1. The van der Waals surface area contributed by atoms with E-state index in [1.807, 2.05) is 0 Å². The van der Waals surface area contributed by atoms with Crippen molar-refractivity contribution in [1.82, 2.24) is 4.31 Å². The summed E-state index contributed by atoms with van der Waals surface area (Å²) in [5, 5.41) is 0. The molecule has 1 unspecified atom stereocenters. The maximum atomic E-state index is 13.4. The van der Waals surface area contributed by atoms with Crippen molar-refractivity contribution in [2.24, 2.45) is 5.92 Å². The fourth-order valence-electron chi connectivity index (χ4n) is 2.35. The monoisotopic (exact) mass is 321 g/mol. The molecule has 0 N–H and O–H groups in total. The molecule has 1 saturated heterocycles. The molecule has 4 nitrogen and oxygen atoms in total. The Hall–Kier alpha value is -0.690. The summed E-state index contributed by atoms with van der Waals surface area (Å²) in [6, 6.07) is 3.74. The molecule has 0 radical (unpaired) electrons. The molecular weight excluding hydrogens is 305 g/mol. The minimum absolute atomic E-state index is 0.0541. The lowest BCUT2D eigenvalue weighted by atomic mass is 10.1. The van der Waals surface area contributed by atoms with E-state index in [-0.39, 0.29) is 22.3 Å². The van der Waals surface area contributed by atoms with Gasteiger partial charge < -0.3 is 4.74 Å². The third-order valence-electron chi connectivity index (χ3n) is 3.45. The number of hydrogen-bond donors (Lipinski definition) is 0. The third kappa shape index (κ3) is 3.14. The number of hydrogen-bond acceptors (Lipinski definition) is 3. The highest BCUT2D eigenvalue weighted by Crippen LogP contribution is 2.26. The topological polar surface area (TPSA) is 46.6 Å². The van der Waals surface area contributed by atoms with Gasteiger partial charge in [0.05, 0.1) is 17.4 Å². The van der Waals surface area contributed by atoms with Crippen molar-refractivity contribution in [1.29, 1.82) is 0 Å². The summed E-state index contributed by atoms with van der Waals surface area (Å²) < 4.78 is 44.8. The Labute approximate surface area is 123 Å². The summed E-state index contributed by atoms with van der Waals surface area (Å²) in [7, 11) is -1.99. The van der Waals surface area contributed by atoms with Crippen LogP contribution in [-0.4, -0.2) is 39.5 Å². The Kier molecular flexibility index (Phi) is 5.01. The lowest BCUT2D eigenvalue weighted by molar-refractivity contribution is 0.157. The maximum Gasteiger partial charge on any atom is 0.243 e. The number of halogens is 2. The first kappa shape index (κ1) is 15.7. The summed E-state index contributed by atoms with van der Waals surface area (Å²) >= 11 is 5.61. The normalized spacial score (nSPS) is 20.4. The van der Waals surface area contributed by atoms with Crippen molar-refractivity contribution < 1.29 is 17.5 Å². The van der Waals surface area contributed by atoms with Crippen LogP contribution in [0.3, 0.4) is 0 Å². The second-order valence-electron chi connectivity index (χ2n) is 4.86. The molecule has 1 aromatic carbocycles. The summed E-state index contributed by atoms with van der Waals surface area (Å²) in [5.41, 5.74) is 0.195. The molecule has 1 aliphatic heterocycles. The molecule has 0 aliphatic carbocycles. The number of alkyl halides is 1. The van der Waals surface area contributed by atoms with Crippen LogP contribution in [0.25, 0.3) is 0 Å². The van der Waals surface area contributed by atoms with Crippen molar-refractivity contribution in [3.63, 3.8) is 0 Å². The van der Waals surface area contributed by atoms with Crippen molar-refractivity contribution in [2.45, 2.75) is 17.2 Å². The average molecular weight is 322 g/mol. The van der Waals surface area contributed by atoms with E-state index in [9.17, 15) is 12.8 Å². The minimum Gasteiger partial charge on any atom is -0.384 e. The van der Waals surface area contributed by atoms with E-state index in [1.54, 1.807) is 7.11 Å². The molecule has 7 heteroatoms. The molecule has 1 aromatic rings. The summed E-state index contributed by atoms with van der Waals surface area (Å²) in [4.78, 5) is 0.0904. The van der Waals surface area contributed by atoms with Crippen LogP contribution in [0.4, 0.5) is 4.39 Å². The highest BCUT2D eigenvalue weighted by atomic mass is 35.5. The first-order valence-electron chi connectivity index (χ1n) is 6.32. The van der Waals surface area contributed by atoms with Crippen molar-refractivity contribution in [3.05, 3.63) is 29.6 Å². The van der Waals surface area contributed by atoms with E-state index in [0.717, 1.165) is 12.5 Å². The Bertz CT molecular complexity index is 579. The molecule has 1 fully saturated rings. The maximum absolute atomic E-state index is 13.4. The molecule has 0 saturated carbocycles. The summed E-state index contributed by atoms with van der Waals surface area (Å²) in [6.07, 6.45) is 0.774. The third-order valence-corrected chi connectivity index (χ3v) is 5.60. The second-order valence-corrected chi connectivity index (χ2v) is 7.07. The Balaban J connectivity index is 2.23. The quantitative estimate of drug-likeness (QED) is 0.781. The fourth-order valence-corrected chi connectivity index (χ4v) is 4.14. The fraction of sp³-hybridized carbons (Fsp3) is 0.538. The Morgan fingerprint density at radius 1 is 1.50 bits per heavy atom. The molecule has 2 rings (SSSR count). The zero-order valence-electron chi connectivity index (χ0n) is 11.2. The van der Waals surface area contributed by atoms with Gasteiger partial charge in [0, 0.05) is 25.8 Å². The van der Waals surface area contributed by atoms with Crippen LogP contribution in [0, 0.1) is 11.7 Å². The van der Waals surface area contributed by atoms with E-state index >= 15 is 0 Å². The van der Waals surface area contributed by atoms with Gasteiger partial charge in [-0.15, -0.1) is 11.6 Å². The number of nitrogens with zero attached hydrogens (tertiary/aromatic N) is 1. The van der Waals surface area contributed by atoms with E-state index in [1.165, 1.54) is 16.4 Å². The van der Waals surface area contributed by atoms with Gasteiger partial charge in [0.1, 0.15) is 5.82 Å². The van der Waals surface area contributed by atoms with E-state index in [0.29, 0.717) is 19.7 Å². The zero-order valence-corrected chi connectivity index (χ0v) is 12.8. The number of sulfonamides is 1. The van der Waals surface area contributed by atoms with Crippen LogP contribution in [0.5, 0.6) is 0 Å². The van der Waals surface area contributed by atoms with E-state index in [2.05, 4.69) is 0 Å². The molecule has 112 valence electrons. The minimum atomic E-state index is -3.59. The van der Waals surface area contributed by atoms with Gasteiger partial charge in [-0.25, -0.2) is 12.8 Å². The second kappa shape index (κ2) is 6.39. The van der Waals surface area contributed by atoms with Crippen molar-refractivity contribution in [2.75, 3.05) is 26.8 Å². The predicted molar refractivity (Wildman–Crippen MR) is 74.7 cm³/mol. The largest absolute Gasteiger partial charge is 0.384 e. The lowest BCUT2D eigenvalue weighted by Crippen LogP contribution is -2.29. The SMILES string of the molecule is COCC1CCN(S(=O)(=O)c2ccc(F)c(CCl)c2)C1. The standard InChI is InChI=1S/C13H17ClFNO3S/c1-19-9-10-4-5-16(8-10)20(17,18)12-2-3-13(15)11(6-12)7-14/h2-3,6,10H,4-5,7-9H2,1H3. The van der Waals surface area contributed by atoms with Gasteiger partial charge in [-0.05, 0) is 30.5 Å². The molecule has 0 amide bonds. The van der Waals surface area contributed by atoms with Crippen molar-refractivity contribution >= 4 is 21.6 Å². The van der Waals surface area contributed by atoms with Crippen molar-refractivity contribution in [3.8, 4) is 0 Å². The summed E-state index contributed by atoms with van der Waals surface area (Å²) in [5.74, 6) is -0.332. The molecule has 20 heavy (non-hydrogen) atoms. The van der Waals surface area contributed by atoms with E-state index in [4.69, 9.17) is 16.3 Å². The number of ether oxygens (including phenoxy) is 1. The van der Waals surface area contributed by atoms with Gasteiger partial charge in [0.2, 0.25) is 10.0 Å². The zero-order chi connectivity index (χ0) is 14.8. The van der Waals surface area contributed by atoms with Gasteiger partial charge in [-0.1, -0.05) is 0 Å². The van der Waals surface area contributed by atoms with Crippen LogP contribution in [0.1, 0.15) is 12.0 Å². The van der Waals surface area contributed by atoms with E-state index < -0.39 is 15.8 Å². The molecule has 0 bridgehead atoms. The van der Waals surface area contributed by atoms with Gasteiger partial charge in [0.15, 0.2) is 0 Å². The Morgan fingerprint density at radius 2 is 2.25 bits per heavy atom. The van der Waals surface area contributed by atoms with Gasteiger partial charge >= 0.3 is 0 Å². The number of methoxy groups -OCH3 is 1.